The third-order valence-corrected chi connectivity index (χ3v) is 6.61. The van der Waals surface area contributed by atoms with Gasteiger partial charge in [0.2, 0.25) is 11.9 Å². The summed E-state index contributed by atoms with van der Waals surface area (Å²) in [5.41, 5.74) is 8.87. The first-order valence-electron chi connectivity index (χ1n) is 11.6. The number of rotatable bonds is 3. The molecule has 0 aliphatic carbocycles. The predicted molar refractivity (Wildman–Crippen MR) is 138 cm³/mol. The Morgan fingerprint density at radius 2 is 1.56 bits per heavy atom. The fourth-order valence-corrected chi connectivity index (χ4v) is 4.84. The number of benzene rings is 3. The molecular formula is C31H21FN3O+. The normalized spacial score (nSPS) is 11.2. The summed E-state index contributed by atoms with van der Waals surface area (Å²) in [7, 11) is 1.81. The van der Waals surface area contributed by atoms with Crippen LogP contribution in [0.1, 0.15) is 11.1 Å². The average Bonchev–Trinajstić information content (AvgIpc) is 3.28. The fraction of sp³-hybridized carbons (Fsp3) is 0.0645. The first-order chi connectivity index (χ1) is 17.5. The molecule has 0 spiro atoms. The van der Waals surface area contributed by atoms with Gasteiger partial charge >= 0.3 is 0 Å². The van der Waals surface area contributed by atoms with Gasteiger partial charge in [0.15, 0.2) is 17.0 Å². The minimum atomic E-state index is -0.308. The number of furan rings is 1. The van der Waals surface area contributed by atoms with Crippen LogP contribution in [0.25, 0.3) is 55.6 Å². The quantitative estimate of drug-likeness (QED) is 0.259. The van der Waals surface area contributed by atoms with Crippen molar-refractivity contribution in [2.75, 3.05) is 0 Å². The van der Waals surface area contributed by atoms with Crippen molar-refractivity contribution < 1.29 is 13.4 Å². The Labute approximate surface area is 207 Å². The van der Waals surface area contributed by atoms with Crippen LogP contribution in [-0.4, -0.2) is 4.98 Å². The summed E-state index contributed by atoms with van der Waals surface area (Å²) in [6.07, 6.45) is 3.05. The highest BCUT2D eigenvalue weighted by molar-refractivity contribution is 6.12. The Bertz CT molecular complexity index is 1810. The van der Waals surface area contributed by atoms with Crippen LogP contribution in [-0.2, 0) is 7.05 Å². The highest BCUT2D eigenvalue weighted by Gasteiger charge is 2.24. The van der Waals surface area contributed by atoms with Crippen molar-refractivity contribution in [2.45, 2.75) is 6.92 Å². The lowest BCUT2D eigenvalue weighted by molar-refractivity contribution is -0.661. The number of fused-ring (bicyclic) bond motifs is 3. The molecule has 3 heterocycles. The summed E-state index contributed by atoms with van der Waals surface area (Å²) in [5.74, 6) is -0.308. The molecule has 5 heteroatoms. The Balaban J connectivity index is 1.61. The number of nitrogens with zero attached hydrogens (tertiary/aromatic N) is 3. The first-order valence-corrected chi connectivity index (χ1v) is 11.6. The molecule has 0 N–H and O–H groups in total. The first kappa shape index (κ1) is 21.7. The van der Waals surface area contributed by atoms with Gasteiger partial charge in [-0.2, -0.15) is 9.83 Å². The van der Waals surface area contributed by atoms with E-state index in [0.29, 0.717) is 27.8 Å². The molecule has 6 rings (SSSR count). The largest absolute Gasteiger partial charge is 0.453 e. The summed E-state index contributed by atoms with van der Waals surface area (Å²) in [5, 5.41) is 10.8. The Morgan fingerprint density at radius 3 is 2.28 bits per heavy atom. The second-order valence-corrected chi connectivity index (χ2v) is 8.86. The van der Waals surface area contributed by atoms with E-state index >= 15 is 0 Å². The monoisotopic (exact) mass is 470 g/mol. The van der Waals surface area contributed by atoms with Crippen molar-refractivity contribution in [3.8, 4) is 39.6 Å². The van der Waals surface area contributed by atoms with Gasteiger partial charge in [-0.1, -0.05) is 60.7 Å². The van der Waals surface area contributed by atoms with Crippen LogP contribution in [0.2, 0.25) is 0 Å². The van der Waals surface area contributed by atoms with Gasteiger partial charge in [-0.05, 0) is 41.3 Å². The molecule has 3 aromatic heterocycles. The van der Waals surface area contributed by atoms with Crippen LogP contribution in [0.4, 0.5) is 4.39 Å². The van der Waals surface area contributed by atoms with Crippen molar-refractivity contribution in [2.24, 2.45) is 7.05 Å². The molecule has 36 heavy (non-hydrogen) atoms. The maximum atomic E-state index is 13.8. The maximum absolute atomic E-state index is 13.8. The minimum absolute atomic E-state index is 0.308. The number of nitriles is 1. The third kappa shape index (κ3) is 3.43. The molecule has 0 atom stereocenters. The second-order valence-electron chi connectivity index (χ2n) is 8.86. The Hall–Kier alpha value is -4.82. The van der Waals surface area contributed by atoms with Gasteiger partial charge in [-0.3, -0.25) is 4.98 Å². The molecule has 0 aliphatic heterocycles. The zero-order valence-electron chi connectivity index (χ0n) is 19.8. The molecule has 0 unspecified atom stereocenters. The van der Waals surface area contributed by atoms with Gasteiger partial charge in [0.05, 0.1) is 11.1 Å². The van der Waals surface area contributed by atoms with Crippen LogP contribution in [0.3, 0.4) is 0 Å². The van der Waals surface area contributed by atoms with E-state index in [2.05, 4.69) is 35.3 Å². The number of pyridine rings is 2. The summed E-state index contributed by atoms with van der Waals surface area (Å²) in [6, 6.07) is 27.8. The van der Waals surface area contributed by atoms with E-state index in [4.69, 9.17) is 4.42 Å². The summed E-state index contributed by atoms with van der Waals surface area (Å²) in [4.78, 5) is 4.61. The summed E-state index contributed by atoms with van der Waals surface area (Å²) < 4.78 is 22.1. The van der Waals surface area contributed by atoms with Crippen LogP contribution < -0.4 is 4.57 Å². The van der Waals surface area contributed by atoms with E-state index < -0.39 is 0 Å². The molecule has 0 saturated carbocycles. The maximum Gasteiger partial charge on any atom is 0.216 e. The van der Waals surface area contributed by atoms with Gasteiger partial charge < -0.3 is 4.42 Å². The highest BCUT2D eigenvalue weighted by atomic mass is 19.1. The van der Waals surface area contributed by atoms with E-state index in [1.807, 2.05) is 56.4 Å². The molecule has 6 aromatic rings. The minimum Gasteiger partial charge on any atom is -0.453 e. The molecule has 4 nitrogen and oxygen atoms in total. The molecule has 172 valence electrons. The van der Waals surface area contributed by atoms with E-state index in [1.54, 1.807) is 16.8 Å². The van der Waals surface area contributed by atoms with Crippen molar-refractivity contribution in [1.29, 1.82) is 5.26 Å². The smallest absolute Gasteiger partial charge is 0.216 e. The Kier molecular flexibility index (Phi) is 5.09. The van der Waals surface area contributed by atoms with Crippen molar-refractivity contribution in [1.82, 2.24) is 4.98 Å². The zero-order chi connectivity index (χ0) is 24.8. The number of aryl methyl sites for hydroxylation is 2. The Morgan fingerprint density at radius 1 is 0.833 bits per heavy atom. The average molecular weight is 471 g/mol. The fourth-order valence-electron chi connectivity index (χ4n) is 4.84. The van der Waals surface area contributed by atoms with Crippen molar-refractivity contribution >= 4 is 22.1 Å². The van der Waals surface area contributed by atoms with Gasteiger partial charge in [-0.25, -0.2) is 4.39 Å². The molecule has 0 radical (unpaired) electrons. The molecule has 0 saturated heterocycles. The lowest BCUT2D eigenvalue weighted by Gasteiger charge is -2.07. The number of hydrogen-bond donors (Lipinski definition) is 0. The van der Waals surface area contributed by atoms with E-state index in [1.165, 1.54) is 12.3 Å². The van der Waals surface area contributed by atoms with Crippen LogP contribution >= 0.6 is 0 Å². The number of hydrogen-bond acceptors (Lipinski definition) is 3. The SMILES string of the molecule is Cc1ccc2c(oc3c(-c4ccc(-c5ccccc5)cc4)c(C#N)cnc32)c1-c1ccc(F)c[n+]1C. The van der Waals surface area contributed by atoms with E-state index in [-0.39, 0.29) is 5.82 Å². The third-order valence-electron chi connectivity index (χ3n) is 6.61. The van der Waals surface area contributed by atoms with Gasteiger partial charge in [0.1, 0.15) is 18.6 Å². The topological polar surface area (TPSA) is 53.7 Å². The summed E-state index contributed by atoms with van der Waals surface area (Å²) in [6.45, 7) is 2.00. The van der Waals surface area contributed by atoms with Crippen molar-refractivity contribution in [3.63, 3.8) is 0 Å². The molecule has 0 amide bonds. The highest BCUT2D eigenvalue weighted by Crippen LogP contribution is 2.41. The predicted octanol–water partition coefficient (Wildman–Crippen LogP) is 7.13. The molecule has 3 aromatic carbocycles. The van der Waals surface area contributed by atoms with Crippen LogP contribution in [0.15, 0.2) is 95.7 Å². The van der Waals surface area contributed by atoms with Gasteiger partial charge in [-0.15, -0.1) is 0 Å². The molecule has 0 fully saturated rings. The van der Waals surface area contributed by atoms with Gasteiger partial charge in [0, 0.05) is 23.2 Å². The molecule has 0 bridgehead atoms. The zero-order valence-corrected chi connectivity index (χ0v) is 19.8. The number of halogens is 1. The number of aromatic nitrogens is 2. The van der Waals surface area contributed by atoms with E-state index in [0.717, 1.165) is 38.9 Å². The summed E-state index contributed by atoms with van der Waals surface area (Å²) >= 11 is 0. The van der Waals surface area contributed by atoms with Crippen LogP contribution in [0, 0.1) is 24.1 Å². The van der Waals surface area contributed by atoms with Crippen LogP contribution in [0.5, 0.6) is 0 Å². The lowest BCUT2D eigenvalue weighted by atomic mass is 9.97. The van der Waals surface area contributed by atoms with E-state index in [9.17, 15) is 9.65 Å². The standard InChI is InChI=1S/C31H21FN3O/c1-19-8-14-25-29-31(36-30(25)27(19)26-15-13-24(32)18-35(26)2)28(23(16-33)17-34-29)22-11-9-21(10-12-22)20-6-4-3-5-7-20/h3-15,17-18H,1-2H3/q+1. The van der Waals surface area contributed by atoms with Crippen molar-refractivity contribution in [3.05, 3.63) is 108 Å². The lowest BCUT2D eigenvalue weighted by Crippen LogP contribution is -2.31. The van der Waals surface area contributed by atoms with Gasteiger partial charge in [0.25, 0.3) is 0 Å². The molecular weight excluding hydrogens is 449 g/mol. The second kappa shape index (κ2) is 8.44. The molecule has 0 aliphatic rings.